The zero-order valence-electron chi connectivity index (χ0n) is 28.2. The fourth-order valence-electron chi connectivity index (χ4n) is 5.19. The van der Waals surface area contributed by atoms with Gasteiger partial charge in [-0.15, -0.1) is 0 Å². The summed E-state index contributed by atoms with van der Waals surface area (Å²) in [6.45, 7) is 14.0. The summed E-state index contributed by atoms with van der Waals surface area (Å²) < 4.78 is 33.0. The molecular formula is C40H49FO4Si. The van der Waals surface area contributed by atoms with Gasteiger partial charge in [0.05, 0.1) is 11.7 Å². The molecule has 244 valence electrons. The molecule has 0 N–H and O–H groups in total. The number of ketones is 1. The highest BCUT2D eigenvalue weighted by molar-refractivity contribution is 6.74. The van der Waals surface area contributed by atoms with Crippen LogP contribution in [0.1, 0.15) is 86.5 Å². The van der Waals surface area contributed by atoms with Crippen LogP contribution in [0.2, 0.25) is 18.1 Å². The lowest BCUT2D eigenvalue weighted by Crippen LogP contribution is -2.41. The van der Waals surface area contributed by atoms with Crippen molar-refractivity contribution in [1.82, 2.24) is 0 Å². The topological polar surface area (TPSA) is 44.8 Å². The Kier molecular flexibility index (Phi) is 12.4. The maximum absolute atomic E-state index is 14.1. The quantitative estimate of drug-likeness (QED) is 0.0903. The van der Waals surface area contributed by atoms with Crippen molar-refractivity contribution in [2.75, 3.05) is 0 Å². The molecule has 1 unspecified atom stereocenters. The van der Waals surface area contributed by atoms with Crippen LogP contribution >= 0.6 is 0 Å². The van der Waals surface area contributed by atoms with Crippen LogP contribution in [-0.4, -0.2) is 14.1 Å². The summed E-state index contributed by atoms with van der Waals surface area (Å²) in [7, 11) is -2.09. The first-order valence-electron chi connectivity index (χ1n) is 16.4. The van der Waals surface area contributed by atoms with Crippen molar-refractivity contribution in [2.45, 2.75) is 90.8 Å². The molecule has 0 amide bonds. The number of Topliss-reactive ketones (excluding diaryl/α,β-unsaturated/α-hetero) is 1. The number of carbonyl (C=O) groups is 1. The van der Waals surface area contributed by atoms with Crippen LogP contribution in [0.4, 0.5) is 4.39 Å². The van der Waals surface area contributed by atoms with Crippen molar-refractivity contribution in [3.05, 3.63) is 131 Å². The minimum absolute atomic E-state index is 0.0420. The molecule has 0 fully saturated rings. The number of halogens is 1. The third-order valence-electron chi connectivity index (χ3n) is 9.07. The molecule has 4 aromatic rings. The standard InChI is InChI=1S/C40H49FO4Si/c1-7-32(19-14-20-37(33-21-23-34(41)24-22-33)45-46(5,6)40(2,3)4)39(42)36-26-25-35(43-28-30-15-10-8-11-16-30)27-38(36)44-29-31-17-12-9-13-18-31/h8-13,15-18,21-27,32,37H,7,14,19-20,28-29H2,1-6H3/t32?,37-/m1/s1. The van der Waals surface area contributed by atoms with E-state index in [1.807, 2.05) is 91.0 Å². The number of hydrogen-bond acceptors (Lipinski definition) is 4. The van der Waals surface area contributed by atoms with E-state index in [4.69, 9.17) is 13.9 Å². The van der Waals surface area contributed by atoms with E-state index in [9.17, 15) is 9.18 Å². The Morgan fingerprint density at radius 3 is 1.93 bits per heavy atom. The Balaban J connectivity index is 1.50. The van der Waals surface area contributed by atoms with Gasteiger partial charge in [0.25, 0.3) is 0 Å². The number of ether oxygens (including phenoxy) is 2. The molecule has 0 aliphatic carbocycles. The second-order valence-electron chi connectivity index (χ2n) is 13.5. The van der Waals surface area contributed by atoms with Crippen LogP contribution < -0.4 is 9.47 Å². The molecule has 0 saturated heterocycles. The summed E-state index contributed by atoms with van der Waals surface area (Å²) in [4.78, 5) is 14.1. The van der Waals surface area contributed by atoms with Gasteiger partial charge in [0, 0.05) is 12.0 Å². The van der Waals surface area contributed by atoms with E-state index in [0.717, 1.165) is 36.0 Å². The van der Waals surface area contributed by atoms with Crippen molar-refractivity contribution < 1.29 is 23.1 Å². The lowest BCUT2D eigenvalue weighted by Gasteiger charge is -2.39. The van der Waals surface area contributed by atoms with E-state index in [2.05, 4.69) is 40.8 Å². The molecule has 2 atom stereocenters. The number of benzene rings is 4. The first kappa shape index (κ1) is 35.1. The summed E-state index contributed by atoms with van der Waals surface area (Å²) in [5, 5.41) is 0.0420. The molecule has 4 rings (SSSR count). The van der Waals surface area contributed by atoms with E-state index in [0.29, 0.717) is 36.7 Å². The van der Waals surface area contributed by atoms with Gasteiger partial charge in [-0.1, -0.05) is 100 Å². The predicted molar refractivity (Wildman–Crippen MR) is 187 cm³/mol. The van der Waals surface area contributed by atoms with E-state index in [-0.39, 0.29) is 28.7 Å². The van der Waals surface area contributed by atoms with Gasteiger partial charge in [0.2, 0.25) is 0 Å². The third-order valence-corrected chi connectivity index (χ3v) is 13.6. The van der Waals surface area contributed by atoms with Gasteiger partial charge in [0.15, 0.2) is 14.1 Å². The van der Waals surface area contributed by atoms with Crippen LogP contribution in [-0.2, 0) is 17.6 Å². The fraction of sp³-hybridized carbons (Fsp3) is 0.375. The van der Waals surface area contributed by atoms with Crippen LogP contribution in [0, 0.1) is 11.7 Å². The molecule has 0 aliphatic heterocycles. The van der Waals surface area contributed by atoms with E-state index in [1.54, 1.807) is 0 Å². The molecule has 0 aliphatic rings. The lowest BCUT2D eigenvalue weighted by molar-refractivity contribution is 0.0896. The number of carbonyl (C=O) groups excluding carboxylic acids is 1. The predicted octanol–water partition coefficient (Wildman–Crippen LogP) is 11.1. The van der Waals surface area contributed by atoms with E-state index < -0.39 is 8.32 Å². The monoisotopic (exact) mass is 640 g/mol. The molecule has 0 radical (unpaired) electrons. The summed E-state index contributed by atoms with van der Waals surface area (Å²) in [6, 6.07) is 32.1. The normalized spacial score (nSPS) is 13.2. The van der Waals surface area contributed by atoms with Crippen LogP contribution in [0.5, 0.6) is 11.5 Å². The molecule has 0 aromatic heterocycles. The van der Waals surface area contributed by atoms with Gasteiger partial charge in [-0.3, -0.25) is 4.79 Å². The van der Waals surface area contributed by atoms with Gasteiger partial charge >= 0.3 is 0 Å². The summed E-state index contributed by atoms with van der Waals surface area (Å²) in [6.07, 6.45) is 2.84. The van der Waals surface area contributed by atoms with Gasteiger partial charge in [-0.2, -0.15) is 0 Å². The highest BCUT2D eigenvalue weighted by Crippen LogP contribution is 2.41. The largest absolute Gasteiger partial charge is 0.489 e. The van der Waals surface area contributed by atoms with Crippen LogP contribution in [0.25, 0.3) is 0 Å². The Labute approximate surface area is 276 Å². The van der Waals surface area contributed by atoms with Gasteiger partial charge in [0.1, 0.15) is 30.5 Å². The Hall–Kier alpha value is -3.74. The minimum Gasteiger partial charge on any atom is -0.489 e. The zero-order chi connectivity index (χ0) is 33.2. The molecule has 4 nitrogen and oxygen atoms in total. The van der Waals surface area contributed by atoms with Crippen molar-refractivity contribution in [3.63, 3.8) is 0 Å². The first-order valence-corrected chi connectivity index (χ1v) is 19.3. The molecule has 46 heavy (non-hydrogen) atoms. The summed E-state index contributed by atoms with van der Waals surface area (Å²) in [5.41, 5.74) is 3.64. The summed E-state index contributed by atoms with van der Waals surface area (Å²) >= 11 is 0. The number of hydrogen-bond donors (Lipinski definition) is 0. The Bertz CT molecular complexity index is 1510. The fourth-order valence-corrected chi connectivity index (χ4v) is 6.50. The van der Waals surface area contributed by atoms with Crippen molar-refractivity contribution in [3.8, 4) is 11.5 Å². The smallest absolute Gasteiger partial charge is 0.192 e. The van der Waals surface area contributed by atoms with E-state index >= 15 is 0 Å². The van der Waals surface area contributed by atoms with Crippen molar-refractivity contribution >= 4 is 14.1 Å². The SMILES string of the molecule is CCC(CCC[C@@H](O[Si](C)(C)C(C)(C)C)c1ccc(F)cc1)C(=O)c1ccc(OCc2ccccc2)cc1OCc1ccccc1. The van der Waals surface area contributed by atoms with Crippen LogP contribution in [0.15, 0.2) is 103 Å². The molecule has 6 heteroatoms. The first-order chi connectivity index (χ1) is 22.0. The highest BCUT2D eigenvalue weighted by atomic mass is 28.4. The van der Waals surface area contributed by atoms with Crippen molar-refractivity contribution in [1.29, 1.82) is 0 Å². The number of rotatable bonds is 16. The van der Waals surface area contributed by atoms with Gasteiger partial charge in [-0.25, -0.2) is 4.39 Å². The van der Waals surface area contributed by atoms with Crippen LogP contribution in [0.3, 0.4) is 0 Å². The molecule has 0 bridgehead atoms. The maximum Gasteiger partial charge on any atom is 0.192 e. The third kappa shape index (κ3) is 9.88. The second-order valence-corrected chi connectivity index (χ2v) is 18.3. The average Bonchev–Trinajstić information content (AvgIpc) is 3.05. The van der Waals surface area contributed by atoms with Gasteiger partial charge in [-0.05, 0) is 84.8 Å². The molecule has 0 spiro atoms. The molecular weight excluding hydrogens is 592 g/mol. The maximum atomic E-state index is 14.1. The van der Waals surface area contributed by atoms with E-state index in [1.165, 1.54) is 12.1 Å². The Morgan fingerprint density at radius 2 is 1.37 bits per heavy atom. The molecule has 4 aromatic carbocycles. The van der Waals surface area contributed by atoms with Crippen molar-refractivity contribution in [2.24, 2.45) is 5.92 Å². The molecule has 0 saturated carbocycles. The molecule has 0 heterocycles. The lowest BCUT2D eigenvalue weighted by atomic mass is 9.89. The summed E-state index contributed by atoms with van der Waals surface area (Å²) in [5.74, 6) is 0.832. The Morgan fingerprint density at radius 1 is 0.783 bits per heavy atom. The zero-order valence-corrected chi connectivity index (χ0v) is 29.2. The average molecular weight is 641 g/mol. The highest BCUT2D eigenvalue weighted by Gasteiger charge is 2.39. The minimum atomic E-state index is -2.09. The van der Waals surface area contributed by atoms with Gasteiger partial charge < -0.3 is 13.9 Å². The second kappa shape index (κ2) is 16.2.